The van der Waals surface area contributed by atoms with E-state index in [4.69, 9.17) is 0 Å². The summed E-state index contributed by atoms with van der Waals surface area (Å²) in [6, 6.07) is 0. The molecule has 3 nitrogen and oxygen atoms in total. The van der Waals surface area contributed by atoms with Crippen LogP contribution in [0, 0.1) is 0 Å². The van der Waals surface area contributed by atoms with Gasteiger partial charge in [0.2, 0.25) is 0 Å². The number of hydrogen-bond acceptors (Lipinski definition) is 3. The molecule has 0 N–H and O–H groups in total. The van der Waals surface area contributed by atoms with Crippen molar-refractivity contribution in [3.63, 3.8) is 0 Å². The third-order valence-corrected chi connectivity index (χ3v) is 11.6. The van der Waals surface area contributed by atoms with Crippen LogP contribution in [-0.4, -0.2) is 69.7 Å². The predicted octanol–water partition coefficient (Wildman–Crippen LogP) is 9.31. The van der Waals surface area contributed by atoms with Crippen LogP contribution in [0.15, 0.2) is 0 Å². The maximum atomic E-state index is 14.2. The molecule has 0 aromatic carbocycles. The Morgan fingerprint density at radius 1 is 0.538 bits per heavy atom. The Morgan fingerprint density at radius 2 is 0.872 bits per heavy atom. The maximum absolute atomic E-state index is 14.2. The van der Waals surface area contributed by atoms with E-state index in [1.54, 1.807) is 0 Å². The van der Waals surface area contributed by atoms with Gasteiger partial charge >= 0.3 is 219 Å². The summed E-state index contributed by atoms with van der Waals surface area (Å²) in [5.74, 6) is -32.3. The Bertz CT molecular complexity index is 895. The van der Waals surface area contributed by atoms with Crippen molar-refractivity contribution in [3.05, 3.63) is 0 Å². The topological polar surface area (TPSA) is 43.4 Å². The molecular formula is C21H34F13O3PS. The molecule has 0 aliphatic rings. The van der Waals surface area contributed by atoms with Gasteiger partial charge in [0.05, 0.1) is 0 Å². The summed E-state index contributed by atoms with van der Waals surface area (Å²) in [6.07, 6.45) is 0.142. The van der Waals surface area contributed by atoms with Crippen molar-refractivity contribution in [3.8, 4) is 0 Å². The summed E-state index contributed by atoms with van der Waals surface area (Å²) in [5, 5.41) is -7.34. The number of halogens is 13. The molecule has 0 radical (unpaired) electrons. The molecule has 0 heterocycles. The molecule has 0 aliphatic heterocycles. The van der Waals surface area contributed by atoms with Gasteiger partial charge in [0.15, 0.2) is 0 Å². The van der Waals surface area contributed by atoms with Gasteiger partial charge in [-0.3, -0.25) is 0 Å². The van der Waals surface area contributed by atoms with Crippen LogP contribution in [-0.2, 0) is 14.1 Å². The minimum absolute atomic E-state index is 0.112. The Hall–Kier alpha value is -0.570. The molecular weight excluding hydrogens is 610 g/mol. The molecule has 0 rings (SSSR count). The van der Waals surface area contributed by atoms with Gasteiger partial charge in [-0.25, -0.2) is 0 Å². The fourth-order valence-corrected chi connectivity index (χ4v) is 8.82. The van der Waals surface area contributed by atoms with E-state index >= 15 is 0 Å². The van der Waals surface area contributed by atoms with Crippen molar-refractivity contribution < 1.29 is 69.5 Å². The molecule has 0 saturated heterocycles. The summed E-state index contributed by atoms with van der Waals surface area (Å²) < 4.78 is 201. The third-order valence-electron chi connectivity index (χ3n) is 5.87. The normalized spacial score (nSPS) is 16.3. The molecule has 0 aromatic heterocycles. The van der Waals surface area contributed by atoms with Crippen LogP contribution in [0.4, 0.5) is 57.1 Å². The van der Waals surface area contributed by atoms with Crippen LogP contribution in [0.5, 0.6) is 0 Å². The molecule has 39 heavy (non-hydrogen) atoms. The van der Waals surface area contributed by atoms with Crippen LogP contribution < -0.4 is 0 Å². The van der Waals surface area contributed by atoms with Gasteiger partial charge in [-0.15, -0.1) is 0 Å². The van der Waals surface area contributed by atoms with Gasteiger partial charge in [-0.1, -0.05) is 0 Å². The number of rotatable bonds is 18. The third kappa shape index (κ3) is 8.48. The second kappa shape index (κ2) is 12.3. The zero-order chi connectivity index (χ0) is 31.4. The van der Waals surface area contributed by atoms with E-state index < -0.39 is 52.1 Å². The van der Waals surface area contributed by atoms with E-state index in [9.17, 15) is 65.5 Å². The fourth-order valence-electron chi connectivity index (χ4n) is 3.50. The molecule has 0 spiro atoms. The second-order valence-electron chi connectivity index (χ2n) is 10.7. The van der Waals surface area contributed by atoms with Crippen molar-refractivity contribution in [1.29, 1.82) is 0 Å². The summed E-state index contributed by atoms with van der Waals surface area (Å²) >= 11 is 0. The van der Waals surface area contributed by atoms with Gasteiger partial charge in [-0.05, 0) is 0 Å². The molecule has 0 atom stereocenters. The molecule has 0 fully saturated rings. The SMILES string of the molecule is CCCCCCCCCCCCP(C)(C)(C)OS(=O)(=O)C(F)(F)C(F)(F)C(F)(F)C(F)(F)C(F)(F)C(F)(F)F. The average Bonchev–Trinajstić information content (AvgIpc) is 2.72. The standard InChI is InChI=1S/C21H34F13O3PS/c1-5-6-7-8-9-10-11-12-13-14-15-38(2,3,4)37-39(35,36)21(33,34)19(28,29)17(24,25)16(22,23)18(26,27)20(30,31)32/h5-15H2,1-4H3. The molecule has 0 bridgehead atoms. The summed E-state index contributed by atoms with van der Waals surface area (Å²) in [6.45, 7) is 0.353. The van der Waals surface area contributed by atoms with Crippen LogP contribution in [0.2, 0.25) is 0 Å². The van der Waals surface area contributed by atoms with E-state index in [1.807, 2.05) is 0 Å². The molecule has 0 aromatic rings. The quantitative estimate of drug-likeness (QED) is 0.0849. The van der Waals surface area contributed by atoms with Crippen LogP contribution in [0.3, 0.4) is 0 Å². The first-order valence-corrected chi connectivity index (χ1v) is 17.0. The predicted molar refractivity (Wildman–Crippen MR) is 122 cm³/mol. The summed E-state index contributed by atoms with van der Waals surface area (Å²) in [4.78, 5) is 0. The van der Waals surface area contributed by atoms with Crippen molar-refractivity contribution in [2.45, 2.75) is 106 Å². The fraction of sp³-hybridized carbons (Fsp3) is 1.00. The molecule has 18 heteroatoms. The number of unbranched alkanes of at least 4 members (excludes halogenated alkanes) is 9. The molecule has 0 aliphatic carbocycles. The Labute approximate surface area is 219 Å². The summed E-state index contributed by atoms with van der Waals surface area (Å²) in [7, 11) is -7.29. The minimum atomic E-state index is -8.21. The zero-order valence-corrected chi connectivity index (χ0v) is 23.5. The number of hydrogen-bond donors (Lipinski definition) is 0. The monoisotopic (exact) mass is 644 g/mol. The van der Waals surface area contributed by atoms with E-state index in [2.05, 4.69) is 10.9 Å². The molecule has 0 unspecified atom stereocenters. The van der Waals surface area contributed by atoms with Gasteiger partial charge in [0, 0.05) is 0 Å². The van der Waals surface area contributed by atoms with Gasteiger partial charge in [0.25, 0.3) is 0 Å². The van der Waals surface area contributed by atoms with Gasteiger partial charge < -0.3 is 0 Å². The Morgan fingerprint density at radius 3 is 1.23 bits per heavy atom. The van der Waals surface area contributed by atoms with Gasteiger partial charge in [0.1, 0.15) is 0 Å². The van der Waals surface area contributed by atoms with Crippen LogP contribution in [0.1, 0.15) is 71.1 Å². The number of alkyl halides is 13. The van der Waals surface area contributed by atoms with Gasteiger partial charge in [-0.2, -0.15) is 0 Å². The van der Waals surface area contributed by atoms with E-state index in [-0.39, 0.29) is 12.6 Å². The van der Waals surface area contributed by atoms with Crippen LogP contribution in [0.25, 0.3) is 0 Å². The van der Waals surface area contributed by atoms with Crippen molar-refractivity contribution in [2.75, 3.05) is 26.2 Å². The van der Waals surface area contributed by atoms with E-state index in [0.717, 1.165) is 64.9 Å². The first kappa shape index (κ1) is 38.4. The Balaban J connectivity index is 5.65. The molecule has 0 saturated carbocycles. The average molecular weight is 645 g/mol. The van der Waals surface area contributed by atoms with E-state index in [1.165, 1.54) is 0 Å². The first-order chi connectivity index (χ1) is 17.0. The Kier molecular flexibility index (Phi) is 12.2. The van der Waals surface area contributed by atoms with Crippen molar-refractivity contribution in [1.82, 2.24) is 0 Å². The van der Waals surface area contributed by atoms with Crippen LogP contribution >= 0.6 is 6.83 Å². The first-order valence-electron chi connectivity index (χ1n) is 12.0. The zero-order valence-electron chi connectivity index (χ0n) is 21.8. The van der Waals surface area contributed by atoms with Crippen molar-refractivity contribution in [2.24, 2.45) is 0 Å². The van der Waals surface area contributed by atoms with Crippen molar-refractivity contribution >= 4 is 16.9 Å². The summed E-state index contributed by atoms with van der Waals surface area (Å²) in [5.41, 5.74) is 0. The molecule has 238 valence electrons. The second-order valence-corrected chi connectivity index (χ2v) is 19.1. The molecule has 0 amide bonds. The van der Waals surface area contributed by atoms with E-state index in [0.29, 0.717) is 12.8 Å².